The summed E-state index contributed by atoms with van der Waals surface area (Å²) in [6.07, 6.45) is -1.77. The molecule has 0 saturated carbocycles. The largest absolute Gasteiger partial charge is 0.389 e. The van der Waals surface area contributed by atoms with Gasteiger partial charge in [-0.2, -0.15) is 0 Å². The van der Waals surface area contributed by atoms with Crippen LogP contribution in [0.3, 0.4) is 0 Å². The van der Waals surface area contributed by atoms with Crippen molar-refractivity contribution in [2.24, 2.45) is 5.73 Å². The maximum atomic E-state index is 9.73. The number of thiocarbonyl (C=S) groups is 1. The molecule has 15 heavy (non-hydrogen) atoms. The van der Waals surface area contributed by atoms with Crippen LogP contribution in [-0.4, -0.2) is 26.6 Å². The van der Waals surface area contributed by atoms with Crippen LogP contribution in [0.15, 0.2) is 24.3 Å². The van der Waals surface area contributed by atoms with Gasteiger partial charge in [-0.3, -0.25) is 0 Å². The van der Waals surface area contributed by atoms with Crippen LogP contribution in [-0.2, 0) is 0 Å². The monoisotopic (exact) mass is 289 g/mol. The molecule has 0 aliphatic heterocycles. The molecule has 0 aliphatic rings. The minimum atomic E-state index is -0.932. The Labute approximate surface area is 102 Å². The highest BCUT2D eigenvalue weighted by atomic mass is 79.9. The van der Waals surface area contributed by atoms with Gasteiger partial charge in [0.25, 0.3) is 0 Å². The van der Waals surface area contributed by atoms with Crippen LogP contribution in [0.25, 0.3) is 0 Å². The fourth-order valence-electron chi connectivity index (χ4n) is 1.18. The van der Waals surface area contributed by atoms with Crippen molar-refractivity contribution in [3.8, 4) is 0 Å². The molecule has 1 aromatic carbocycles. The highest BCUT2D eigenvalue weighted by Gasteiger charge is 2.17. The van der Waals surface area contributed by atoms with E-state index in [0.717, 1.165) is 0 Å². The van der Waals surface area contributed by atoms with Gasteiger partial charge in [-0.05, 0) is 11.6 Å². The first kappa shape index (κ1) is 12.6. The predicted octanol–water partition coefficient (Wildman–Crippen LogP) is 1.11. The zero-order valence-corrected chi connectivity index (χ0v) is 10.3. The SMILES string of the molecule is NC(=S)c1cccc(C(O)C(O)CBr)c1. The van der Waals surface area contributed by atoms with E-state index in [9.17, 15) is 10.2 Å². The molecule has 0 amide bonds. The van der Waals surface area contributed by atoms with Crippen LogP contribution in [0.5, 0.6) is 0 Å². The Bertz CT molecular complexity index is 359. The van der Waals surface area contributed by atoms with Crippen molar-refractivity contribution in [3.63, 3.8) is 0 Å². The normalized spacial score (nSPS) is 14.6. The Morgan fingerprint density at radius 2 is 2.13 bits per heavy atom. The third-order valence-electron chi connectivity index (χ3n) is 2.04. The number of alkyl halides is 1. The number of hydrogen-bond acceptors (Lipinski definition) is 3. The molecular formula is C10H12BrNO2S. The number of halogens is 1. The van der Waals surface area contributed by atoms with Crippen molar-refractivity contribution >= 4 is 33.1 Å². The van der Waals surface area contributed by atoms with Crippen LogP contribution in [0.2, 0.25) is 0 Å². The zero-order valence-electron chi connectivity index (χ0n) is 7.93. The standard InChI is InChI=1S/C10H12BrNO2S/c11-5-8(13)9(14)6-2-1-3-7(4-6)10(12)15/h1-4,8-9,13-14H,5H2,(H2,12,15). The Morgan fingerprint density at radius 1 is 1.47 bits per heavy atom. The van der Waals surface area contributed by atoms with E-state index in [4.69, 9.17) is 18.0 Å². The zero-order chi connectivity index (χ0) is 11.4. The fraction of sp³-hybridized carbons (Fsp3) is 0.300. The molecule has 82 valence electrons. The first-order valence-electron chi connectivity index (χ1n) is 4.38. The lowest BCUT2D eigenvalue weighted by Gasteiger charge is -2.16. The summed E-state index contributed by atoms with van der Waals surface area (Å²) >= 11 is 7.93. The van der Waals surface area contributed by atoms with Crippen molar-refractivity contribution in [3.05, 3.63) is 35.4 Å². The van der Waals surface area contributed by atoms with E-state index in [1.807, 2.05) is 0 Å². The molecule has 4 N–H and O–H groups in total. The first-order chi connectivity index (χ1) is 7.06. The molecule has 3 nitrogen and oxygen atoms in total. The second-order valence-corrected chi connectivity index (χ2v) is 4.24. The molecule has 1 aromatic rings. The molecule has 0 aliphatic carbocycles. The lowest BCUT2D eigenvalue weighted by atomic mass is 10.0. The molecule has 5 heteroatoms. The topological polar surface area (TPSA) is 66.5 Å². The van der Waals surface area contributed by atoms with E-state index in [2.05, 4.69) is 15.9 Å². The van der Waals surface area contributed by atoms with Crippen molar-refractivity contribution in [2.45, 2.75) is 12.2 Å². The summed E-state index contributed by atoms with van der Waals surface area (Å²) in [4.78, 5) is 0.275. The lowest BCUT2D eigenvalue weighted by molar-refractivity contribution is 0.0343. The Morgan fingerprint density at radius 3 is 2.67 bits per heavy atom. The summed E-state index contributed by atoms with van der Waals surface area (Å²) < 4.78 is 0. The van der Waals surface area contributed by atoms with Crippen molar-refractivity contribution < 1.29 is 10.2 Å². The van der Waals surface area contributed by atoms with Gasteiger partial charge < -0.3 is 15.9 Å². The van der Waals surface area contributed by atoms with Crippen LogP contribution in [0.1, 0.15) is 17.2 Å². The fourth-order valence-corrected chi connectivity index (χ4v) is 1.66. The smallest absolute Gasteiger partial charge is 0.106 e. The van der Waals surface area contributed by atoms with Gasteiger partial charge in [-0.15, -0.1) is 0 Å². The molecule has 1 rings (SSSR count). The van der Waals surface area contributed by atoms with E-state index in [0.29, 0.717) is 16.5 Å². The average Bonchev–Trinajstić information content (AvgIpc) is 2.27. The number of aliphatic hydroxyl groups is 2. The van der Waals surface area contributed by atoms with Crippen molar-refractivity contribution in [1.82, 2.24) is 0 Å². The van der Waals surface area contributed by atoms with Gasteiger partial charge >= 0.3 is 0 Å². The molecule has 0 fully saturated rings. The first-order valence-corrected chi connectivity index (χ1v) is 5.91. The van der Waals surface area contributed by atoms with Crippen LogP contribution >= 0.6 is 28.1 Å². The Balaban J connectivity index is 2.94. The summed E-state index contributed by atoms with van der Waals surface area (Å²) in [6, 6.07) is 6.91. The van der Waals surface area contributed by atoms with E-state index in [1.54, 1.807) is 24.3 Å². The minimum absolute atomic E-state index is 0.275. The molecule has 0 aromatic heterocycles. The molecule has 0 radical (unpaired) electrons. The summed E-state index contributed by atoms with van der Waals surface area (Å²) in [7, 11) is 0. The van der Waals surface area contributed by atoms with Gasteiger partial charge in [0.1, 0.15) is 11.1 Å². The summed E-state index contributed by atoms with van der Waals surface area (Å²) in [6.45, 7) is 0. The molecule has 2 atom stereocenters. The van der Waals surface area contributed by atoms with E-state index < -0.39 is 12.2 Å². The molecular weight excluding hydrogens is 278 g/mol. The van der Waals surface area contributed by atoms with E-state index in [1.165, 1.54) is 0 Å². The maximum absolute atomic E-state index is 9.73. The van der Waals surface area contributed by atoms with E-state index >= 15 is 0 Å². The minimum Gasteiger partial charge on any atom is -0.389 e. The highest BCUT2D eigenvalue weighted by molar-refractivity contribution is 9.09. The van der Waals surface area contributed by atoms with Gasteiger partial charge in [-0.1, -0.05) is 46.3 Å². The highest BCUT2D eigenvalue weighted by Crippen LogP contribution is 2.19. The van der Waals surface area contributed by atoms with Crippen LogP contribution in [0.4, 0.5) is 0 Å². The van der Waals surface area contributed by atoms with Crippen LogP contribution in [0, 0.1) is 0 Å². The molecule has 2 unspecified atom stereocenters. The molecule has 0 spiro atoms. The third-order valence-corrected chi connectivity index (χ3v) is 2.93. The van der Waals surface area contributed by atoms with Gasteiger partial charge in [0.2, 0.25) is 0 Å². The van der Waals surface area contributed by atoms with Crippen molar-refractivity contribution in [1.29, 1.82) is 0 Å². The Hall–Kier alpha value is -0.490. The van der Waals surface area contributed by atoms with Gasteiger partial charge in [0.05, 0.1) is 6.10 Å². The Kier molecular flexibility index (Phi) is 4.66. The van der Waals surface area contributed by atoms with Gasteiger partial charge in [0.15, 0.2) is 0 Å². The van der Waals surface area contributed by atoms with Crippen molar-refractivity contribution in [2.75, 3.05) is 5.33 Å². The predicted molar refractivity (Wildman–Crippen MR) is 67.1 cm³/mol. The quantitative estimate of drug-likeness (QED) is 0.574. The summed E-state index contributed by atoms with van der Waals surface area (Å²) in [5.41, 5.74) is 6.76. The van der Waals surface area contributed by atoms with Gasteiger partial charge in [-0.25, -0.2) is 0 Å². The number of aliphatic hydroxyl groups excluding tert-OH is 2. The second kappa shape index (κ2) is 5.55. The lowest BCUT2D eigenvalue weighted by Crippen LogP contribution is -2.20. The number of rotatable bonds is 4. The molecule has 0 bridgehead atoms. The number of hydrogen-bond donors (Lipinski definition) is 3. The van der Waals surface area contributed by atoms with Crippen LogP contribution < -0.4 is 5.73 Å². The number of benzene rings is 1. The van der Waals surface area contributed by atoms with Gasteiger partial charge in [0, 0.05) is 10.9 Å². The molecule has 0 saturated heterocycles. The average molecular weight is 290 g/mol. The third kappa shape index (κ3) is 3.24. The maximum Gasteiger partial charge on any atom is 0.106 e. The number of nitrogens with two attached hydrogens (primary N) is 1. The van der Waals surface area contributed by atoms with E-state index in [-0.39, 0.29) is 4.99 Å². The molecule has 0 heterocycles. The second-order valence-electron chi connectivity index (χ2n) is 3.16. The summed E-state index contributed by atoms with van der Waals surface area (Å²) in [5, 5.41) is 19.5. The summed E-state index contributed by atoms with van der Waals surface area (Å²) in [5.74, 6) is 0.